The van der Waals surface area contributed by atoms with Crippen molar-refractivity contribution >= 4 is 50.8 Å². The van der Waals surface area contributed by atoms with Gasteiger partial charge in [-0.2, -0.15) is 4.57 Å². The third-order valence-electron chi connectivity index (χ3n) is 4.05. The second-order valence-corrected chi connectivity index (χ2v) is 8.86. The Morgan fingerprint density at radius 1 is 1.14 bits per heavy atom. The van der Waals surface area contributed by atoms with Crippen LogP contribution in [0.4, 0.5) is 0 Å². The lowest BCUT2D eigenvalue weighted by Gasteiger charge is -2.05. The molecule has 1 aromatic carbocycles. The van der Waals surface area contributed by atoms with Gasteiger partial charge in [0.2, 0.25) is 11.5 Å². The Labute approximate surface area is 180 Å². The number of thioether (sulfide) groups is 1. The topological polar surface area (TPSA) is 47.3 Å². The molecular weight excluding hydrogens is 458 g/mol. The Morgan fingerprint density at radius 3 is 2.43 bits per heavy atom. The molecule has 7 heteroatoms. The van der Waals surface area contributed by atoms with Crippen molar-refractivity contribution in [2.75, 3.05) is 12.9 Å². The SMILES string of the molecule is CCOC(=O)Cc1c(C(=O)c2ccc(Br)cc2)sc(SC)c1-[n+]1ccccc1. The van der Waals surface area contributed by atoms with Gasteiger partial charge in [-0.3, -0.25) is 9.59 Å². The molecule has 0 radical (unpaired) electrons. The van der Waals surface area contributed by atoms with Crippen molar-refractivity contribution in [3.8, 4) is 5.69 Å². The molecule has 0 aliphatic heterocycles. The minimum Gasteiger partial charge on any atom is -0.466 e. The van der Waals surface area contributed by atoms with Gasteiger partial charge in [-0.05, 0) is 37.4 Å². The molecule has 0 N–H and O–H groups in total. The molecule has 0 aliphatic rings. The molecule has 0 atom stereocenters. The number of rotatable bonds is 7. The molecule has 0 saturated heterocycles. The summed E-state index contributed by atoms with van der Waals surface area (Å²) in [5, 5.41) is 0. The average molecular weight is 477 g/mol. The number of benzene rings is 1. The fourth-order valence-electron chi connectivity index (χ4n) is 2.82. The zero-order valence-corrected chi connectivity index (χ0v) is 18.7. The summed E-state index contributed by atoms with van der Waals surface area (Å²) in [5.74, 6) is -0.425. The third kappa shape index (κ3) is 4.54. The lowest BCUT2D eigenvalue weighted by Crippen LogP contribution is -2.31. The van der Waals surface area contributed by atoms with Crippen LogP contribution in [0, 0.1) is 0 Å². The van der Waals surface area contributed by atoms with Crippen LogP contribution in [0.3, 0.4) is 0 Å². The number of aromatic nitrogens is 1. The van der Waals surface area contributed by atoms with E-state index in [9.17, 15) is 9.59 Å². The molecule has 144 valence electrons. The highest BCUT2D eigenvalue weighted by Gasteiger charge is 2.31. The molecule has 2 heterocycles. The predicted octanol–water partition coefficient (Wildman–Crippen LogP) is 4.85. The second-order valence-electron chi connectivity index (χ2n) is 5.85. The van der Waals surface area contributed by atoms with Gasteiger partial charge in [0, 0.05) is 22.2 Å². The minimum atomic E-state index is -0.337. The van der Waals surface area contributed by atoms with E-state index in [2.05, 4.69) is 15.9 Å². The van der Waals surface area contributed by atoms with Crippen LogP contribution in [0.25, 0.3) is 5.69 Å². The van der Waals surface area contributed by atoms with Gasteiger partial charge >= 0.3 is 5.97 Å². The lowest BCUT2D eigenvalue weighted by molar-refractivity contribution is -0.598. The summed E-state index contributed by atoms with van der Waals surface area (Å²) < 4.78 is 9.01. The van der Waals surface area contributed by atoms with Crippen LogP contribution in [0.2, 0.25) is 0 Å². The summed E-state index contributed by atoms with van der Waals surface area (Å²) in [6.07, 6.45) is 5.87. The van der Waals surface area contributed by atoms with Crippen LogP contribution in [-0.2, 0) is 16.0 Å². The maximum absolute atomic E-state index is 13.3. The zero-order chi connectivity index (χ0) is 20.1. The molecule has 4 nitrogen and oxygen atoms in total. The van der Waals surface area contributed by atoms with E-state index in [4.69, 9.17) is 4.74 Å². The molecule has 0 fully saturated rings. The van der Waals surface area contributed by atoms with Crippen LogP contribution in [-0.4, -0.2) is 24.6 Å². The smallest absolute Gasteiger partial charge is 0.310 e. The highest BCUT2D eigenvalue weighted by Crippen LogP contribution is 2.37. The first kappa shape index (κ1) is 20.8. The van der Waals surface area contributed by atoms with Gasteiger partial charge in [0.1, 0.15) is 4.21 Å². The largest absolute Gasteiger partial charge is 0.466 e. The number of hydrogen-bond acceptors (Lipinski definition) is 5. The van der Waals surface area contributed by atoms with Crippen molar-refractivity contribution in [1.82, 2.24) is 0 Å². The standard InChI is InChI=1S/C21H19BrNO3S2/c1-3-26-17(24)13-16-18(23-11-5-4-6-12-23)21(27-2)28-20(16)19(25)14-7-9-15(22)10-8-14/h4-12H,3,13H2,1-2H3/q+1. The molecule has 28 heavy (non-hydrogen) atoms. The minimum absolute atomic E-state index is 0.0553. The Hall–Kier alpha value is -1.96. The molecule has 0 amide bonds. The first-order valence-corrected chi connectivity index (χ1v) is 11.5. The molecule has 0 spiro atoms. The number of esters is 1. The van der Waals surface area contributed by atoms with Gasteiger partial charge in [-0.25, -0.2) is 0 Å². The second kappa shape index (κ2) is 9.49. The summed E-state index contributed by atoms with van der Waals surface area (Å²) >= 11 is 6.38. The number of pyridine rings is 1. The van der Waals surface area contributed by atoms with Gasteiger partial charge in [-0.15, -0.1) is 23.1 Å². The highest BCUT2D eigenvalue weighted by molar-refractivity contribution is 9.10. The average Bonchev–Trinajstić information content (AvgIpc) is 3.07. The van der Waals surface area contributed by atoms with E-state index < -0.39 is 0 Å². The molecule has 0 aliphatic carbocycles. The molecular formula is C21H19BrNO3S2+. The van der Waals surface area contributed by atoms with Crippen molar-refractivity contribution in [1.29, 1.82) is 0 Å². The van der Waals surface area contributed by atoms with Gasteiger partial charge in [0.05, 0.1) is 23.5 Å². The highest BCUT2D eigenvalue weighted by atomic mass is 79.9. The van der Waals surface area contributed by atoms with Crippen LogP contribution in [0.15, 0.2) is 63.5 Å². The van der Waals surface area contributed by atoms with Crippen molar-refractivity contribution in [3.05, 3.63) is 75.3 Å². The summed E-state index contributed by atoms with van der Waals surface area (Å²) in [4.78, 5) is 26.1. The van der Waals surface area contributed by atoms with E-state index in [0.29, 0.717) is 22.6 Å². The number of halogens is 1. The molecule has 0 bridgehead atoms. The van der Waals surface area contributed by atoms with Gasteiger partial charge in [0.25, 0.3) is 0 Å². The number of carbonyl (C=O) groups excluding carboxylic acids is 2. The molecule has 2 aromatic heterocycles. The number of hydrogen-bond donors (Lipinski definition) is 0. The van der Waals surface area contributed by atoms with Crippen LogP contribution >= 0.6 is 39.0 Å². The lowest BCUT2D eigenvalue weighted by atomic mass is 10.0. The Bertz CT molecular complexity index is 985. The summed E-state index contributed by atoms with van der Waals surface area (Å²) in [5.41, 5.74) is 2.16. The maximum Gasteiger partial charge on any atom is 0.310 e. The van der Waals surface area contributed by atoms with Crippen molar-refractivity contribution in [2.45, 2.75) is 17.6 Å². The Kier molecular flexibility index (Phi) is 7.04. The molecule has 3 aromatic rings. The van der Waals surface area contributed by atoms with Crippen LogP contribution in [0.1, 0.15) is 27.7 Å². The van der Waals surface area contributed by atoms with Gasteiger partial charge < -0.3 is 4.74 Å². The number of ether oxygens (including phenoxy) is 1. The van der Waals surface area contributed by atoms with Crippen molar-refractivity contribution in [2.24, 2.45) is 0 Å². The van der Waals surface area contributed by atoms with E-state index in [-0.39, 0.29) is 18.2 Å². The summed E-state index contributed by atoms with van der Waals surface area (Å²) in [6.45, 7) is 2.09. The number of thiophene rings is 1. The Balaban J connectivity index is 2.15. The number of nitrogens with zero attached hydrogens (tertiary/aromatic N) is 1. The molecule has 0 unspecified atom stereocenters. The summed E-state index contributed by atoms with van der Waals surface area (Å²) in [7, 11) is 0. The first-order chi connectivity index (χ1) is 13.5. The zero-order valence-electron chi connectivity index (χ0n) is 15.5. The third-order valence-corrected chi connectivity index (χ3v) is 6.90. The van der Waals surface area contributed by atoms with Crippen molar-refractivity contribution < 1.29 is 18.9 Å². The quantitative estimate of drug-likeness (QED) is 0.211. The van der Waals surface area contributed by atoms with E-state index in [1.807, 2.05) is 53.5 Å². The van der Waals surface area contributed by atoms with E-state index in [1.165, 1.54) is 11.3 Å². The van der Waals surface area contributed by atoms with E-state index in [1.54, 1.807) is 30.8 Å². The van der Waals surface area contributed by atoms with Gasteiger partial charge in [0.15, 0.2) is 12.4 Å². The summed E-state index contributed by atoms with van der Waals surface area (Å²) in [6, 6.07) is 13.0. The number of ketones is 1. The number of carbonyl (C=O) groups is 2. The van der Waals surface area contributed by atoms with E-state index >= 15 is 0 Å². The van der Waals surface area contributed by atoms with Crippen LogP contribution < -0.4 is 4.57 Å². The Morgan fingerprint density at radius 2 is 1.82 bits per heavy atom. The molecule has 0 saturated carbocycles. The monoisotopic (exact) mass is 476 g/mol. The fraction of sp³-hybridized carbons (Fsp3) is 0.190. The van der Waals surface area contributed by atoms with E-state index in [0.717, 1.165) is 14.4 Å². The first-order valence-electron chi connectivity index (χ1n) is 8.67. The molecule has 3 rings (SSSR count). The van der Waals surface area contributed by atoms with Crippen molar-refractivity contribution in [3.63, 3.8) is 0 Å². The van der Waals surface area contributed by atoms with Crippen LogP contribution in [0.5, 0.6) is 0 Å². The normalized spacial score (nSPS) is 10.7. The maximum atomic E-state index is 13.3. The predicted molar refractivity (Wildman–Crippen MR) is 116 cm³/mol. The van der Waals surface area contributed by atoms with Gasteiger partial charge in [-0.1, -0.05) is 22.0 Å². The fourth-order valence-corrected chi connectivity index (χ4v) is 5.10.